The highest BCUT2D eigenvalue weighted by atomic mass is 16.5. The zero-order chi connectivity index (χ0) is 12.3. The lowest BCUT2D eigenvalue weighted by Crippen LogP contribution is -2.48. The summed E-state index contributed by atoms with van der Waals surface area (Å²) in [7, 11) is 1.76. The first-order chi connectivity index (χ1) is 8.18. The molecular weight excluding hydrogens is 214 g/mol. The van der Waals surface area contributed by atoms with Gasteiger partial charge in [-0.15, -0.1) is 0 Å². The van der Waals surface area contributed by atoms with Gasteiger partial charge in [-0.3, -0.25) is 0 Å². The molecule has 17 heavy (non-hydrogen) atoms. The monoisotopic (exact) mass is 235 g/mol. The first-order valence-corrected chi connectivity index (χ1v) is 6.18. The molecule has 0 amide bonds. The Morgan fingerprint density at radius 1 is 1.47 bits per heavy atom. The maximum Gasteiger partial charge on any atom is 0.126 e. The number of pyridine rings is 1. The molecule has 1 fully saturated rings. The number of methoxy groups -OCH3 is 1. The van der Waals surface area contributed by atoms with Gasteiger partial charge in [0.1, 0.15) is 5.82 Å². The molecule has 1 saturated carbocycles. The first kappa shape index (κ1) is 12.3. The summed E-state index contributed by atoms with van der Waals surface area (Å²) in [6.07, 6.45) is 6.92. The molecular formula is C13H21N3O. The van der Waals surface area contributed by atoms with Gasteiger partial charge in [0.15, 0.2) is 0 Å². The Bertz CT molecular complexity index is 375. The molecule has 4 N–H and O–H groups in total. The van der Waals surface area contributed by atoms with Crippen LogP contribution in [-0.2, 0) is 11.2 Å². The molecule has 1 aliphatic rings. The lowest BCUT2D eigenvalue weighted by molar-refractivity contribution is -0.0253. The van der Waals surface area contributed by atoms with Gasteiger partial charge < -0.3 is 16.2 Å². The quantitative estimate of drug-likeness (QED) is 0.829. The zero-order valence-corrected chi connectivity index (χ0v) is 10.4. The van der Waals surface area contributed by atoms with Crippen LogP contribution in [0.25, 0.3) is 0 Å². The smallest absolute Gasteiger partial charge is 0.126 e. The van der Waals surface area contributed by atoms with E-state index >= 15 is 0 Å². The number of hydrogen-bond donors (Lipinski definition) is 2. The molecule has 0 bridgehead atoms. The number of rotatable bonds is 4. The normalized spacial score (nSPS) is 20.4. The minimum atomic E-state index is -0.164. The number of hydrogen-bond acceptors (Lipinski definition) is 4. The highest BCUT2D eigenvalue weighted by Gasteiger charge is 2.39. The van der Waals surface area contributed by atoms with E-state index in [0.717, 1.165) is 24.8 Å². The molecule has 1 unspecified atom stereocenters. The van der Waals surface area contributed by atoms with Gasteiger partial charge in [0.2, 0.25) is 0 Å². The summed E-state index contributed by atoms with van der Waals surface area (Å²) in [6, 6.07) is 3.87. The molecule has 0 saturated heterocycles. The minimum absolute atomic E-state index is 0.0125. The molecule has 4 heteroatoms. The Hall–Kier alpha value is -1.13. The van der Waals surface area contributed by atoms with E-state index in [1.54, 1.807) is 13.3 Å². The Labute approximate surface area is 102 Å². The van der Waals surface area contributed by atoms with E-state index in [1.165, 1.54) is 12.8 Å². The third-order valence-corrected chi connectivity index (χ3v) is 3.90. The van der Waals surface area contributed by atoms with Crippen molar-refractivity contribution >= 4 is 5.82 Å². The van der Waals surface area contributed by atoms with E-state index in [9.17, 15) is 0 Å². The predicted molar refractivity (Wildman–Crippen MR) is 68.5 cm³/mol. The van der Waals surface area contributed by atoms with Crippen LogP contribution in [0.1, 0.15) is 31.2 Å². The number of ether oxygens (including phenoxy) is 1. The van der Waals surface area contributed by atoms with Crippen molar-refractivity contribution in [1.82, 2.24) is 4.98 Å². The van der Waals surface area contributed by atoms with Crippen molar-refractivity contribution in [2.45, 2.75) is 43.7 Å². The van der Waals surface area contributed by atoms with Crippen molar-refractivity contribution in [3.63, 3.8) is 0 Å². The average Bonchev–Trinajstić information content (AvgIpc) is 2.82. The summed E-state index contributed by atoms with van der Waals surface area (Å²) in [5.74, 6) is 0.576. The molecule has 0 aliphatic heterocycles. The summed E-state index contributed by atoms with van der Waals surface area (Å²) < 4.78 is 5.69. The zero-order valence-electron chi connectivity index (χ0n) is 10.4. The highest BCUT2D eigenvalue weighted by molar-refractivity contribution is 5.39. The molecule has 1 heterocycles. The van der Waals surface area contributed by atoms with E-state index in [0.29, 0.717) is 5.82 Å². The second-order valence-corrected chi connectivity index (χ2v) is 4.83. The topological polar surface area (TPSA) is 74.2 Å². The maximum atomic E-state index is 6.32. The third-order valence-electron chi connectivity index (χ3n) is 3.90. The molecule has 0 radical (unpaired) electrons. The van der Waals surface area contributed by atoms with Crippen molar-refractivity contribution in [3.05, 3.63) is 23.9 Å². The molecule has 0 spiro atoms. The van der Waals surface area contributed by atoms with Gasteiger partial charge in [0, 0.05) is 19.3 Å². The Kier molecular flexibility index (Phi) is 3.64. The summed E-state index contributed by atoms with van der Waals surface area (Å²) in [6.45, 7) is 0. The summed E-state index contributed by atoms with van der Waals surface area (Å²) in [5.41, 5.74) is 13.0. The highest BCUT2D eigenvalue weighted by Crippen LogP contribution is 2.36. The lowest BCUT2D eigenvalue weighted by Gasteiger charge is -2.34. The number of nitrogens with zero attached hydrogens (tertiary/aromatic N) is 1. The van der Waals surface area contributed by atoms with E-state index in [4.69, 9.17) is 16.2 Å². The third kappa shape index (κ3) is 2.42. The molecule has 4 nitrogen and oxygen atoms in total. The minimum Gasteiger partial charge on any atom is -0.383 e. The maximum absolute atomic E-state index is 6.32. The van der Waals surface area contributed by atoms with Crippen molar-refractivity contribution in [1.29, 1.82) is 0 Å². The van der Waals surface area contributed by atoms with Gasteiger partial charge in [-0.2, -0.15) is 0 Å². The van der Waals surface area contributed by atoms with Crippen LogP contribution < -0.4 is 11.5 Å². The van der Waals surface area contributed by atoms with Gasteiger partial charge >= 0.3 is 0 Å². The summed E-state index contributed by atoms with van der Waals surface area (Å²) in [5, 5.41) is 0. The predicted octanol–water partition coefficient (Wildman–Crippen LogP) is 1.49. The Morgan fingerprint density at radius 2 is 2.18 bits per heavy atom. The first-order valence-electron chi connectivity index (χ1n) is 6.18. The summed E-state index contributed by atoms with van der Waals surface area (Å²) >= 11 is 0. The van der Waals surface area contributed by atoms with Crippen LogP contribution in [0.3, 0.4) is 0 Å². The molecule has 1 aromatic rings. The number of aromatic nitrogens is 1. The second kappa shape index (κ2) is 5.02. The van der Waals surface area contributed by atoms with Crippen LogP contribution in [0.5, 0.6) is 0 Å². The SMILES string of the molecule is COC1(C(N)Cc2cccnc2N)CCCC1. The van der Waals surface area contributed by atoms with Crippen molar-refractivity contribution in [2.75, 3.05) is 12.8 Å². The second-order valence-electron chi connectivity index (χ2n) is 4.83. The lowest BCUT2D eigenvalue weighted by atomic mass is 9.88. The number of anilines is 1. The number of nitrogen functional groups attached to an aromatic ring is 1. The fourth-order valence-electron chi connectivity index (χ4n) is 2.75. The molecule has 1 atom stereocenters. The molecule has 0 aromatic carbocycles. The van der Waals surface area contributed by atoms with Crippen LogP contribution in [0.15, 0.2) is 18.3 Å². The molecule has 94 valence electrons. The number of nitrogens with two attached hydrogens (primary N) is 2. The molecule has 1 aromatic heterocycles. The van der Waals surface area contributed by atoms with Crippen LogP contribution in [0.2, 0.25) is 0 Å². The van der Waals surface area contributed by atoms with Gasteiger partial charge in [0.05, 0.1) is 5.60 Å². The van der Waals surface area contributed by atoms with Crippen LogP contribution in [0, 0.1) is 0 Å². The largest absolute Gasteiger partial charge is 0.383 e. The van der Waals surface area contributed by atoms with Gasteiger partial charge in [-0.25, -0.2) is 4.98 Å². The van der Waals surface area contributed by atoms with Crippen LogP contribution in [-0.4, -0.2) is 23.7 Å². The average molecular weight is 235 g/mol. The Morgan fingerprint density at radius 3 is 2.76 bits per heavy atom. The van der Waals surface area contributed by atoms with Gasteiger partial charge in [-0.05, 0) is 30.9 Å². The van der Waals surface area contributed by atoms with Crippen molar-refractivity contribution < 1.29 is 4.74 Å². The van der Waals surface area contributed by atoms with E-state index < -0.39 is 0 Å². The standard InChI is InChI=1S/C13H21N3O/c1-17-13(6-2-3-7-13)11(14)9-10-5-4-8-16-12(10)15/h4-5,8,11H,2-3,6-7,9,14H2,1H3,(H2,15,16). The molecule has 2 rings (SSSR count). The van der Waals surface area contributed by atoms with E-state index in [-0.39, 0.29) is 11.6 Å². The Balaban J connectivity index is 2.10. The van der Waals surface area contributed by atoms with E-state index in [2.05, 4.69) is 4.98 Å². The van der Waals surface area contributed by atoms with Crippen LogP contribution >= 0.6 is 0 Å². The fraction of sp³-hybridized carbons (Fsp3) is 0.615. The van der Waals surface area contributed by atoms with Gasteiger partial charge in [0.25, 0.3) is 0 Å². The van der Waals surface area contributed by atoms with Crippen molar-refractivity contribution in [2.24, 2.45) is 5.73 Å². The summed E-state index contributed by atoms with van der Waals surface area (Å²) in [4.78, 5) is 4.09. The van der Waals surface area contributed by atoms with Crippen molar-refractivity contribution in [3.8, 4) is 0 Å². The molecule has 1 aliphatic carbocycles. The van der Waals surface area contributed by atoms with Gasteiger partial charge in [-0.1, -0.05) is 18.9 Å². The fourth-order valence-corrected chi connectivity index (χ4v) is 2.75. The van der Waals surface area contributed by atoms with Crippen LogP contribution in [0.4, 0.5) is 5.82 Å². The van der Waals surface area contributed by atoms with E-state index in [1.807, 2.05) is 12.1 Å².